The Labute approximate surface area is 89.5 Å². The number of hydrogen-bond donors (Lipinski definition) is 1. The molecule has 2 atom stereocenters. The lowest BCUT2D eigenvalue weighted by Crippen LogP contribution is -2.19. The van der Waals surface area contributed by atoms with Gasteiger partial charge in [-0.2, -0.15) is 0 Å². The molecule has 0 heterocycles. The van der Waals surface area contributed by atoms with Crippen LogP contribution in [-0.4, -0.2) is 6.54 Å². The zero-order valence-corrected chi connectivity index (χ0v) is 8.75. The number of halogens is 1. The summed E-state index contributed by atoms with van der Waals surface area (Å²) in [5.74, 6) is 1.17. The lowest BCUT2D eigenvalue weighted by atomic mass is 9.87. The van der Waals surface area contributed by atoms with Crippen molar-refractivity contribution < 1.29 is 4.39 Å². The molecule has 1 unspecified atom stereocenters. The van der Waals surface area contributed by atoms with Gasteiger partial charge in [0.1, 0.15) is 5.82 Å². The Kier molecular flexibility index (Phi) is 1.90. The van der Waals surface area contributed by atoms with E-state index in [1.54, 1.807) is 12.1 Å². The highest BCUT2D eigenvalue weighted by Crippen LogP contribution is 2.66. The average molecular weight is 205 g/mol. The monoisotopic (exact) mass is 205 g/mol. The molecule has 0 spiro atoms. The van der Waals surface area contributed by atoms with Gasteiger partial charge in [0.15, 0.2) is 0 Å². The molecule has 2 saturated carbocycles. The van der Waals surface area contributed by atoms with Crippen LogP contribution in [0.1, 0.15) is 24.8 Å². The van der Waals surface area contributed by atoms with Crippen molar-refractivity contribution in [1.82, 2.24) is 0 Å². The summed E-state index contributed by atoms with van der Waals surface area (Å²) in [5.41, 5.74) is 6.77. The molecular weight excluding hydrogens is 189 g/mol. The highest BCUT2D eigenvalue weighted by atomic mass is 19.1. The number of rotatable bonds is 3. The first-order valence-corrected chi connectivity index (χ1v) is 5.74. The predicted octanol–water partition coefficient (Wildman–Crippen LogP) is 2.45. The Balaban J connectivity index is 2.01. The summed E-state index contributed by atoms with van der Waals surface area (Å²) >= 11 is 0. The SMILES string of the molecule is NC[C@@H]1CC1(c1ccccc1F)C1CC1. The van der Waals surface area contributed by atoms with Gasteiger partial charge in [-0.1, -0.05) is 18.2 Å². The van der Waals surface area contributed by atoms with Crippen LogP contribution in [0.15, 0.2) is 24.3 Å². The fourth-order valence-electron chi connectivity index (χ4n) is 3.13. The summed E-state index contributed by atoms with van der Waals surface area (Å²) in [6, 6.07) is 7.22. The van der Waals surface area contributed by atoms with Gasteiger partial charge in [-0.15, -0.1) is 0 Å². The molecule has 2 aliphatic carbocycles. The zero-order valence-electron chi connectivity index (χ0n) is 8.75. The molecule has 2 fully saturated rings. The maximum absolute atomic E-state index is 13.8. The standard InChI is InChI=1S/C13H16FN/c14-12-4-2-1-3-11(12)13(9-5-6-9)7-10(13)8-15/h1-4,9-10H,5-8,15H2/t10-,13?/m0/s1. The van der Waals surface area contributed by atoms with E-state index in [2.05, 4.69) is 0 Å². The van der Waals surface area contributed by atoms with E-state index in [0.717, 1.165) is 12.0 Å². The molecule has 0 radical (unpaired) electrons. The summed E-state index contributed by atoms with van der Waals surface area (Å²) < 4.78 is 13.8. The first-order chi connectivity index (χ1) is 7.29. The van der Waals surface area contributed by atoms with E-state index in [0.29, 0.717) is 18.4 Å². The molecule has 2 heteroatoms. The molecule has 0 saturated heterocycles. The van der Waals surface area contributed by atoms with Gasteiger partial charge in [-0.05, 0) is 49.3 Å². The van der Waals surface area contributed by atoms with Crippen molar-refractivity contribution >= 4 is 0 Å². The number of nitrogens with two attached hydrogens (primary N) is 1. The molecule has 0 bridgehead atoms. The highest BCUT2D eigenvalue weighted by Gasteiger charge is 2.62. The quantitative estimate of drug-likeness (QED) is 0.806. The van der Waals surface area contributed by atoms with Gasteiger partial charge in [-0.3, -0.25) is 0 Å². The maximum Gasteiger partial charge on any atom is 0.126 e. The molecule has 2 N–H and O–H groups in total. The molecule has 3 rings (SSSR count). The smallest absolute Gasteiger partial charge is 0.126 e. The second-order valence-electron chi connectivity index (χ2n) is 4.93. The Morgan fingerprint density at radius 1 is 1.33 bits per heavy atom. The van der Waals surface area contributed by atoms with Gasteiger partial charge in [0.2, 0.25) is 0 Å². The molecule has 0 aromatic heterocycles. The molecule has 1 aromatic carbocycles. The summed E-state index contributed by atoms with van der Waals surface area (Å²) in [6.45, 7) is 0.699. The average Bonchev–Trinajstić information content (AvgIpc) is 3.12. The maximum atomic E-state index is 13.8. The van der Waals surface area contributed by atoms with Crippen LogP contribution in [0, 0.1) is 17.7 Å². The van der Waals surface area contributed by atoms with Gasteiger partial charge in [-0.25, -0.2) is 4.39 Å². The lowest BCUT2D eigenvalue weighted by molar-refractivity contribution is 0.495. The highest BCUT2D eigenvalue weighted by molar-refractivity contribution is 5.38. The minimum Gasteiger partial charge on any atom is -0.330 e. The van der Waals surface area contributed by atoms with Gasteiger partial charge in [0.25, 0.3) is 0 Å². The van der Waals surface area contributed by atoms with E-state index in [1.165, 1.54) is 12.8 Å². The summed E-state index contributed by atoms with van der Waals surface area (Å²) in [7, 11) is 0. The van der Waals surface area contributed by atoms with Crippen LogP contribution in [-0.2, 0) is 5.41 Å². The van der Waals surface area contributed by atoms with E-state index in [1.807, 2.05) is 12.1 Å². The van der Waals surface area contributed by atoms with Crippen molar-refractivity contribution in [1.29, 1.82) is 0 Å². The van der Waals surface area contributed by atoms with E-state index in [4.69, 9.17) is 5.73 Å². The van der Waals surface area contributed by atoms with Crippen LogP contribution in [0.5, 0.6) is 0 Å². The normalized spacial score (nSPS) is 34.1. The van der Waals surface area contributed by atoms with E-state index >= 15 is 0 Å². The van der Waals surface area contributed by atoms with Crippen molar-refractivity contribution in [2.24, 2.45) is 17.6 Å². The first kappa shape index (κ1) is 9.34. The summed E-state index contributed by atoms with van der Waals surface area (Å²) in [4.78, 5) is 0. The van der Waals surface area contributed by atoms with Crippen LogP contribution in [0.2, 0.25) is 0 Å². The summed E-state index contributed by atoms with van der Waals surface area (Å²) in [6.07, 6.45) is 3.60. The van der Waals surface area contributed by atoms with Crippen molar-refractivity contribution in [2.45, 2.75) is 24.7 Å². The molecule has 15 heavy (non-hydrogen) atoms. The minimum atomic E-state index is -0.0413. The Hall–Kier alpha value is -0.890. The van der Waals surface area contributed by atoms with E-state index < -0.39 is 0 Å². The predicted molar refractivity (Wildman–Crippen MR) is 58.0 cm³/mol. The molecule has 0 amide bonds. The van der Waals surface area contributed by atoms with Crippen LogP contribution >= 0.6 is 0 Å². The van der Waals surface area contributed by atoms with Gasteiger partial charge < -0.3 is 5.73 Å². The van der Waals surface area contributed by atoms with Crippen molar-refractivity contribution in [3.05, 3.63) is 35.6 Å². The van der Waals surface area contributed by atoms with Crippen molar-refractivity contribution in [2.75, 3.05) is 6.54 Å². The van der Waals surface area contributed by atoms with Gasteiger partial charge in [0, 0.05) is 5.41 Å². The second kappa shape index (κ2) is 3.05. The topological polar surface area (TPSA) is 26.0 Å². The molecular formula is C13H16FN. The molecule has 1 nitrogen and oxygen atoms in total. The molecule has 80 valence electrons. The third kappa shape index (κ3) is 1.24. The Morgan fingerprint density at radius 3 is 2.60 bits per heavy atom. The van der Waals surface area contributed by atoms with Gasteiger partial charge >= 0.3 is 0 Å². The largest absolute Gasteiger partial charge is 0.330 e. The molecule has 0 aliphatic heterocycles. The number of benzene rings is 1. The van der Waals surface area contributed by atoms with Crippen molar-refractivity contribution in [3.63, 3.8) is 0 Å². The fraction of sp³-hybridized carbons (Fsp3) is 0.538. The molecule has 1 aromatic rings. The minimum absolute atomic E-state index is 0.0413. The van der Waals surface area contributed by atoms with E-state index in [9.17, 15) is 4.39 Å². The Morgan fingerprint density at radius 2 is 2.07 bits per heavy atom. The second-order valence-corrected chi connectivity index (χ2v) is 4.93. The fourth-order valence-corrected chi connectivity index (χ4v) is 3.13. The lowest BCUT2D eigenvalue weighted by Gasteiger charge is -2.17. The van der Waals surface area contributed by atoms with Crippen LogP contribution in [0.3, 0.4) is 0 Å². The first-order valence-electron chi connectivity index (χ1n) is 5.74. The van der Waals surface area contributed by atoms with Gasteiger partial charge in [0.05, 0.1) is 0 Å². The zero-order chi connectivity index (χ0) is 10.5. The van der Waals surface area contributed by atoms with Crippen LogP contribution in [0.25, 0.3) is 0 Å². The number of hydrogen-bond acceptors (Lipinski definition) is 1. The third-order valence-electron chi connectivity index (χ3n) is 4.12. The Bertz CT molecular complexity index is 386. The van der Waals surface area contributed by atoms with Crippen molar-refractivity contribution in [3.8, 4) is 0 Å². The van der Waals surface area contributed by atoms with Crippen LogP contribution in [0.4, 0.5) is 4.39 Å². The summed E-state index contributed by atoms with van der Waals surface area (Å²) in [5, 5.41) is 0. The molecule has 2 aliphatic rings. The van der Waals surface area contributed by atoms with E-state index in [-0.39, 0.29) is 11.2 Å². The van der Waals surface area contributed by atoms with Crippen LogP contribution < -0.4 is 5.73 Å². The third-order valence-corrected chi connectivity index (χ3v) is 4.12.